The Kier molecular flexibility index (Phi) is 7.59. The first-order valence-corrected chi connectivity index (χ1v) is 12.1. The van der Waals surface area contributed by atoms with E-state index < -0.39 is 29.5 Å². The van der Waals surface area contributed by atoms with Crippen LogP contribution in [-0.2, 0) is 16.0 Å². The molecular formula is C27H30F3NO5. The van der Waals surface area contributed by atoms with E-state index in [2.05, 4.69) is 11.4 Å². The van der Waals surface area contributed by atoms with Gasteiger partial charge in [0.15, 0.2) is 0 Å². The molecule has 1 amide bonds. The summed E-state index contributed by atoms with van der Waals surface area (Å²) < 4.78 is 50.6. The van der Waals surface area contributed by atoms with Crippen molar-refractivity contribution in [2.45, 2.75) is 56.7 Å². The van der Waals surface area contributed by atoms with Gasteiger partial charge in [-0.05, 0) is 50.3 Å². The van der Waals surface area contributed by atoms with Crippen LogP contribution in [0.1, 0.15) is 58.6 Å². The van der Waals surface area contributed by atoms with Gasteiger partial charge in [-0.25, -0.2) is 4.79 Å². The highest BCUT2D eigenvalue weighted by Gasteiger charge is 2.49. The Balaban J connectivity index is 1.48. The smallest absolute Gasteiger partial charge is 0.391 e. The molecule has 1 saturated carbocycles. The number of nitrogens with one attached hydrogen (secondary N) is 1. The second-order valence-corrected chi connectivity index (χ2v) is 9.73. The summed E-state index contributed by atoms with van der Waals surface area (Å²) >= 11 is 0. The molecule has 1 aliphatic heterocycles. The van der Waals surface area contributed by atoms with Crippen LogP contribution in [0.4, 0.5) is 13.2 Å². The van der Waals surface area contributed by atoms with Crippen molar-refractivity contribution in [3.05, 3.63) is 64.7 Å². The Morgan fingerprint density at radius 1 is 1.14 bits per heavy atom. The number of rotatable bonds is 8. The van der Waals surface area contributed by atoms with Gasteiger partial charge >= 0.3 is 12.1 Å². The third-order valence-corrected chi connectivity index (χ3v) is 7.15. The molecule has 2 aliphatic rings. The lowest BCUT2D eigenvalue weighted by Crippen LogP contribution is -2.57. The first kappa shape index (κ1) is 26.0. The fraction of sp³-hybridized carbons (Fsp3) is 0.481. The molecule has 0 spiro atoms. The Morgan fingerprint density at radius 2 is 1.86 bits per heavy atom. The van der Waals surface area contributed by atoms with Gasteiger partial charge in [0, 0.05) is 23.5 Å². The number of carbonyl (C=O) groups excluding carboxylic acids is 1. The second kappa shape index (κ2) is 10.5. The Morgan fingerprint density at radius 3 is 2.44 bits per heavy atom. The molecular weight excluding hydrogens is 475 g/mol. The molecule has 0 atom stereocenters. The third kappa shape index (κ3) is 5.83. The van der Waals surface area contributed by atoms with Gasteiger partial charge in [-0.1, -0.05) is 35.9 Å². The van der Waals surface area contributed by atoms with Crippen LogP contribution < -0.4 is 10.1 Å². The van der Waals surface area contributed by atoms with Crippen molar-refractivity contribution in [2.75, 3.05) is 19.8 Å². The molecule has 2 N–H and O–H groups in total. The fourth-order valence-electron chi connectivity index (χ4n) is 4.82. The van der Waals surface area contributed by atoms with E-state index in [0.29, 0.717) is 32.0 Å². The third-order valence-electron chi connectivity index (χ3n) is 7.15. The summed E-state index contributed by atoms with van der Waals surface area (Å²) in [6.07, 6.45) is -4.96. The zero-order chi connectivity index (χ0) is 25.9. The Bertz CT molecular complexity index is 1100. The number of ether oxygens (including phenoxy) is 2. The molecule has 1 saturated heterocycles. The van der Waals surface area contributed by atoms with Crippen LogP contribution in [0.2, 0.25) is 0 Å². The van der Waals surface area contributed by atoms with Gasteiger partial charge in [0.2, 0.25) is 0 Å². The molecule has 1 heterocycles. The van der Waals surface area contributed by atoms with E-state index in [1.54, 1.807) is 18.2 Å². The zero-order valence-corrected chi connectivity index (χ0v) is 20.1. The van der Waals surface area contributed by atoms with E-state index in [4.69, 9.17) is 9.47 Å². The van der Waals surface area contributed by atoms with E-state index in [1.165, 1.54) is 0 Å². The van der Waals surface area contributed by atoms with Gasteiger partial charge in [-0.2, -0.15) is 13.2 Å². The summed E-state index contributed by atoms with van der Waals surface area (Å²) in [5, 5.41) is 12.3. The molecule has 1 aliphatic carbocycles. The van der Waals surface area contributed by atoms with E-state index in [-0.39, 0.29) is 37.2 Å². The fourth-order valence-corrected chi connectivity index (χ4v) is 4.82. The highest BCUT2D eigenvalue weighted by molar-refractivity contribution is 5.98. The second-order valence-electron chi connectivity index (χ2n) is 9.73. The molecule has 0 aromatic heterocycles. The minimum absolute atomic E-state index is 0.138. The number of aryl methyl sites for hydroxylation is 1. The van der Waals surface area contributed by atoms with Gasteiger partial charge in [0.25, 0.3) is 5.91 Å². The minimum atomic E-state index is -4.37. The molecule has 2 fully saturated rings. The lowest BCUT2D eigenvalue weighted by atomic mass is 9.76. The topological polar surface area (TPSA) is 84.9 Å². The number of alkyl halides is 3. The summed E-state index contributed by atoms with van der Waals surface area (Å²) in [6, 6.07) is 13.0. The Labute approximate surface area is 207 Å². The van der Waals surface area contributed by atoms with E-state index in [1.807, 2.05) is 25.1 Å². The molecule has 0 unspecified atom stereocenters. The van der Waals surface area contributed by atoms with Crippen LogP contribution in [0.25, 0.3) is 0 Å². The number of aliphatic carboxylic acids is 1. The number of carboxylic acids is 1. The molecule has 0 bridgehead atoms. The zero-order valence-electron chi connectivity index (χ0n) is 20.1. The van der Waals surface area contributed by atoms with Crippen LogP contribution >= 0.6 is 0 Å². The minimum Gasteiger partial charge on any atom is -0.493 e. The average Bonchev–Trinajstić information content (AvgIpc) is 2.78. The van der Waals surface area contributed by atoms with Gasteiger partial charge in [-0.15, -0.1) is 0 Å². The van der Waals surface area contributed by atoms with Gasteiger partial charge in [0.05, 0.1) is 25.7 Å². The van der Waals surface area contributed by atoms with Crippen molar-refractivity contribution in [3.63, 3.8) is 0 Å². The largest absolute Gasteiger partial charge is 0.493 e. The molecule has 2 aromatic rings. The molecule has 2 aromatic carbocycles. The number of hydrogen-bond donors (Lipinski definition) is 2. The number of benzene rings is 2. The monoisotopic (exact) mass is 505 g/mol. The van der Waals surface area contributed by atoms with E-state index in [9.17, 15) is 27.9 Å². The number of halogens is 3. The van der Waals surface area contributed by atoms with Crippen LogP contribution in [0.5, 0.6) is 5.75 Å². The summed E-state index contributed by atoms with van der Waals surface area (Å²) in [4.78, 5) is 25.1. The van der Waals surface area contributed by atoms with Crippen LogP contribution in [0.3, 0.4) is 0 Å². The lowest BCUT2D eigenvalue weighted by Gasteiger charge is -2.38. The maximum absolute atomic E-state index is 13.1. The van der Waals surface area contributed by atoms with Crippen molar-refractivity contribution >= 4 is 11.9 Å². The van der Waals surface area contributed by atoms with Crippen LogP contribution in [-0.4, -0.2) is 48.5 Å². The summed E-state index contributed by atoms with van der Waals surface area (Å²) in [5.74, 6) is -2.87. The maximum atomic E-state index is 13.1. The summed E-state index contributed by atoms with van der Waals surface area (Å²) in [5.41, 5.74) is 1.64. The van der Waals surface area contributed by atoms with Crippen molar-refractivity contribution < 1.29 is 37.3 Å². The number of hydrogen-bond acceptors (Lipinski definition) is 4. The van der Waals surface area contributed by atoms with E-state index >= 15 is 0 Å². The molecule has 0 radical (unpaired) electrons. The summed E-state index contributed by atoms with van der Waals surface area (Å²) in [7, 11) is 0. The predicted octanol–water partition coefficient (Wildman–Crippen LogP) is 5.04. The first-order valence-electron chi connectivity index (χ1n) is 12.1. The molecule has 194 valence electrons. The molecule has 6 nitrogen and oxygen atoms in total. The van der Waals surface area contributed by atoms with Crippen molar-refractivity contribution in [3.8, 4) is 5.75 Å². The van der Waals surface area contributed by atoms with Gasteiger partial charge in [-0.3, -0.25) is 4.79 Å². The van der Waals surface area contributed by atoms with Crippen LogP contribution in [0, 0.1) is 12.8 Å². The highest BCUT2D eigenvalue weighted by atomic mass is 19.4. The SMILES string of the molecule is Cc1cccc(CCOc2cc(C(=O)N[C@]3(C(=O)O)CC[C@@H](C(F)(F)F)CC3)ccc2C2COC2)c1. The Hall–Kier alpha value is -3.07. The maximum Gasteiger partial charge on any atom is 0.391 e. The standard InChI is InChI=1S/C27H30F3NO5/c1-17-3-2-4-18(13-17)9-12-36-23-14-19(5-6-22(23)20-15-35-16-20)24(32)31-26(25(33)34)10-7-21(8-11-26)27(28,29)30/h2-6,13-14,20-21H,7-12,15-16H2,1H3,(H,31,32)(H,33,34)/t21-,26-. The summed E-state index contributed by atoms with van der Waals surface area (Å²) in [6.45, 7) is 3.48. The average molecular weight is 506 g/mol. The molecule has 4 rings (SSSR count). The first-order chi connectivity index (χ1) is 17.1. The predicted molar refractivity (Wildman–Crippen MR) is 126 cm³/mol. The number of amides is 1. The van der Waals surface area contributed by atoms with Crippen molar-refractivity contribution in [2.24, 2.45) is 5.92 Å². The lowest BCUT2D eigenvalue weighted by molar-refractivity contribution is -0.187. The molecule has 9 heteroatoms. The van der Waals surface area contributed by atoms with Gasteiger partial charge in [0.1, 0.15) is 11.3 Å². The number of carboxylic acid groups (broad SMARTS) is 1. The van der Waals surface area contributed by atoms with E-state index in [0.717, 1.165) is 16.7 Å². The highest BCUT2D eigenvalue weighted by Crippen LogP contribution is 2.41. The molecule has 36 heavy (non-hydrogen) atoms. The normalized spacial score (nSPS) is 22.5. The number of carbonyl (C=O) groups is 2. The van der Waals surface area contributed by atoms with Gasteiger partial charge < -0.3 is 19.9 Å². The quantitative estimate of drug-likeness (QED) is 0.525. The van der Waals surface area contributed by atoms with Crippen LogP contribution in [0.15, 0.2) is 42.5 Å². The van der Waals surface area contributed by atoms with Crippen molar-refractivity contribution in [1.82, 2.24) is 5.32 Å². The van der Waals surface area contributed by atoms with Crippen molar-refractivity contribution in [1.29, 1.82) is 0 Å².